The molecule has 2 rings (SSSR count). The van der Waals surface area contributed by atoms with Crippen molar-refractivity contribution in [1.29, 1.82) is 0 Å². The molecule has 0 atom stereocenters. The number of hydrogen-bond donors (Lipinski definition) is 0. The van der Waals surface area contributed by atoms with Crippen LogP contribution in [0, 0.1) is 12.7 Å². The van der Waals surface area contributed by atoms with E-state index in [9.17, 15) is 4.39 Å². The number of benzene rings is 2. The first kappa shape index (κ1) is 14.2. The molecule has 0 amide bonds. The van der Waals surface area contributed by atoms with Crippen molar-refractivity contribution in [3.8, 4) is 17.2 Å². The van der Waals surface area contributed by atoms with Crippen molar-refractivity contribution >= 4 is 0 Å². The lowest BCUT2D eigenvalue weighted by molar-refractivity contribution is 0.211. The zero-order valence-corrected chi connectivity index (χ0v) is 11.6. The molecule has 0 fully saturated rings. The maximum Gasteiger partial charge on any atom is 0.167 e. The summed E-state index contributed by atoms with van der Waals surface area (Å²) in [4.78, 5) is 0. The van der Waals surface area contributed by atoms with Gasteiger partial charge in [0.1, 0.15) is 24.7 Å². The zero-order valence-electron chi connectivity index (χ0n) is 11.6. The predicted octanol–water partition coefficient (Wildman–Crippen LogP) is 3.60. The first-order chi connectivity index (χ1) is 9.70. The molecule has 0 saturated heterocycles. The fourth-order valence-electron chi connectivity index (χ4n) is 1.72. The smallest absolute Gasteiger partial charge is 0.167 e. The normalized spacial score (nSPS) is 10.2. The van der Waals surface area contributed by atoms with Gasteiger partial charge in [-0.25, -0.2) is 4.39 Å². The lowest BCUT2D eigenvalue weighted by atomic mass is 10.2. The topological polar surface area (TPSA) is 27.7 Å². The van der Waals surface area contributed by atoms with Crippen LogP contribution in [0.25, 0.3) is 0 Å². The molecule has 0 aliphatic heterocycles. The van der Waals surface area contributed by atoms with Crippen LogP contribution < -0.4 is 14.2 Å². The summed E-state index contributed by atoms with van der Waals surface area (Å²) in [5, 5.41) is 0. The fourth-order valence-corrected chi connectivity index (χ4v) is 1.72. The van der Waals surface area contributed by atoms with E-state index < -0.39 is 0 Å². The van der Waals surface area contributed by atoms with Gasteiger partial charge in [-0.1, -0.05) is 12.1 Å². The van der Waals surface area contributed by atoms with E-state index in [1.807, 2.05) is 24.3 Å². The summed E-state index contributed by atoms with van der Waals surface area (Å²) < 4.78 is 29.6. The van der Waals surface area contributed by atoms with E-state index in [-0.39, 0.29) is 18.2 Å². The van der Waals surface area contributed by atoms with E-state index >= 15 is 0 Å². The molecule has 0 N–H and O–H groups in total. The summed E-state index contributed by atoms with van der Waals surface area (Å²) in [5.41, 5.74) is 0.568. The third kappa shape index (κ3) is 3.63. The van der Waals surface area contributed by atoms with Gasteiger partial charge in [0.2, 0.25) is 0 Å². The Morgan fingerprint density at radius 1 is 0.900 bits per heavy atom. The Kier molecular flexibility index (Phi) is 4.82. The predicted molar refractivity (Wildman–Crippen MR) is 75.1 cm³/mol. The molecule has 0 spiro atoms. The second-order valence-electron chi connectivity index (χ2n) is 4.26. The Morgan fingerprint density at radius 3 is 2.25 bits per heavy atom. The minimum absolute atomic E-state index is 0.253. The molecule has 0 bridgehead atoms. The van der Waals surface area contributed by atoms with E-state index in [1.165, 1.54) is 0 Å². The Labute approximate surface area is 117 Å². The van der Waals surface area contributed by atoms with Gasteiger partial charge in [0.05, 0.1) is 7.11 Å². The van der Waals surface area contributed by atoms with E-state index in [0.29, 0.717) is 12.2 Å². The van der Waals surface area contributed by atoms with Gasteiger partial charge in [-0.2, -0.15) is 0 Å². The van der Waals surface area contributed by atoms with Crippen molar-refractivity contribution < 1.29 is 18.6 Å². The molecule has 0 radical (unpaired) electrons. The highest BCUT2D eigenvalue weighted by atomic mass is 19.1. The van der Waals surface area contributed by atoms with Crippen molar-refractivity contribution in [2.24, 2.45) is 0 Å². The van der Waals surface area contributed by atoms with Crippen molar-refractivity contribution in [3.05, 3.63) is 53.8 Å². The third-order valence-electron chi connectivity index (χ3n) is 2.83. The minimum atomic E-state index is -0.322. The first-order valence-corrected chi connectivity index (χ1v) is 6.35. The Balaban J connectivity index is 1.80. The van der Waals surface area contributed by atoms with Crippen LogP contribution in [0.15, 0.2) is 42.5 Å². The SMILES string of the molecule is COc1ccc(OCCOc2cccc(C)c2F)cc1. The van der Waals surface area contributed by atoms with Crippen LogP contribution in [-0.4, -0.2) is 20.3 Å². The molecule has 106 valence electrons. The summed E-state index contributed by atoms with van der Waals surface area (Å²) in [5.74, 6) is 1.43. The highest BCUT2D eigenvalue weighted by Gasteiger charge is 2.05. The van der Waals surface area contributed by atoms with Gasteiger partial charge in [0.15, 0.2) is 11.6 Å². The molecule has 0 aliphatic carbocycles. The molecule has 0 aromatic heterocycles. The van der Waals surface area contributed by atoms with Gasteiger partial charge in [-0.3, -0.25) is 0 Å². The molecule has 0 unspecified atom stereocenters. The van der Waals surface area contributed by atoms with Gasteiger partial charge < -0.3 is 14.2 Å². The van der Waals surface area contributed by atoms with E-state index in [2.05, 4.69) is 0 Å². The number of rotatable bonds is 6. The van der Waals surface area contributed by atoms with Crippen molar-refractivity contribution in [2.45, 2.75) is 6.92 Å². The molecule has 3 nitrogen and oxygen atoms in total. The molecular formula is C16H17FO3. The summed E-state index contributed by atoms with van der Waals surface area (Å²) in [7, 11) is 1.61. The average molecular weight is 276 g/mol. The zero-order chi connectivity index (χ0) is 14.4. The molecule has 0 heterocycles. The molecule has 20 heavy (non-hydrogen) atoms. The minimum Gasteiger partial charge on any atom is -0.497 e. The lowest BCUT2D eigenvalue weighted by Crippen LogP contribution is -2.10. The number of ether oxygens (including phenoxy) is 3. The standard InChI is InChI=1S/C16H17FO3/c1-12-4-3-5-15(16(12)17)20-11-10-19-14-8-6-13(18-2)7-9-14/h3-9H,10-11H2,1-2H3. The maximum atomic E-state index is 13.7. The monoisotopic (exact) mass is 276 g/mol. The second kappa shape index (κ2) is 6.80. The molecule has 0 saturated carbocycles. The van der Waals surface area contributed by atoms with Crippen LogP contribution in [0.2, 0.25) is 0 Å². The van der Waals surface area contributed by atoms with Gasteiger partial charge in [-0.05, 0) is 42.8 Å². The van der Waals surface area contributed by atoms with Crippen LogP contribution in [0.4, 0.5) is 4.39 Å². The Hall–Kier alpha value is -2.23. The van der Waals surface area contributed by atoms with Crippen LogP contribution in [-0.2, 0) is 0 Å². The van der Waals surface area contributed by atoms with Gasteiger partial charge >= 0.3 is 0 Å². The summed E-state index contributed by atoms with van der Waals surface area (Å²) in [6, 6.07) is 12.3. The average Bonchev–Trinajstić information content (AvgIpc) is 2.48. The highest BCUT2D eigenvalue weighted by Crippen LogP contribution is 2.20. The second-order valence-corrected chi connectivity index (χ2v) is 4.26. The number of hydrogen-bond acceptors (Lipinski definition) is 3. The quantitative estimate of drug-likeness (QED) is 0.754. The molecule has 2 aromatic carbocycles. The lowest BCUT2D eigenvalue weighted by Gasteiger charge is -2.10. The van der Waals surface area contributed by atoms with E-state index in [0.717, 1.165) is 11.5 Å². The van der Waals surface area contributed by atoms with Gasteiger partial charge in [0.25, 0.3) is 0 Å². The fraction of sp³-hybridized carbons (Fsp3) is 0.250. The van der Waals surface area contributed by atoms with Crippen LogP contribution >= 0.6 is 0 Å². The summed E-state index contributed by atoms with van der Waals surface area (Å²) >= 11 is 0. The van der Waals surface area contributed by atoms with E-state index in [1.54, 1.807) is 32.2 Å². The third-order valence-corrected chi connectivity index (χ3v) is 2.83. The van der Waals surface area contributed by atoms with Gasteiger partial charge in [0, 0.05) is 0 Å². The van der Waals surface area contributed by atoms with Crippen LogP contribution in [0.1, 0.15) is 5.56 Å². The number of halogens is 1. The molecule has 2 aromatic rings. The summed E-state index contributed by atoms with van der Waals surface area (Å²) in [6.45, 7) is 2.34. The Morgan fingerprint density at radius 2 is 1.55 bits per heavy atom. The highest BCUT2D eigenvalue weighted by molar-refractivity contribution is 5.31. The van der Waals surface area contributed by atoms with Crippen molar-refractivity contribution in [2.75, 3.05) is 20.3 Å². The Bertz CT molecular complexity index is 552. The largest absolute Gasteiger partial charge is 0.497 e. The number of aryl methyl sites for hydroxylation is 1. The maximum absolute atomic E-state index is 13.7. The summed E-state index contributed by atoms with van der Waals surface area (Å²) in [6.07, 6.45) is 0. The molecular weight excluding hydrogens is 259 g/mol. The van der Waals surface area contributed by atoms with E-state index in [4.69, 9.17) is 14.2 Å². The van der Waals surface area contributed by atoms with Crippen molar-refractivity contribution in [3.63, 3.8) is 0 Å². The molecule has 4 heteroatoms. The van der Waals surface area contributed by atoms with Crippen LogP contribution in [0.3, 0.4) is 0 Å². The van der Waals surface area contributed by atoms with Gasteiger partial charge in [-0.15, -0.1) is 0 Å². The molecule has 0 aliphatic rings. The van der Waals surface area contributed by atoms with Crippen LogP contribution in [0.5, 0.6) is 17.2 Å². The number of methoxy groups -OCH3 is 1. The van der Waals surface area contributed by atoms with Crippen molar-refractivity contribution in [1.82, 2.24) is 0 Å². The first-order valence-electron chi connectivity index (χ1n) is 6.35.